The number of benzene rings is 1. The van der Waals surface area contributed by atoms with Crippen LogP contribution in [0.1, 0.15) is 5.82 Å². The lowest BCUT2D eigenvalue weighted by Crippen LogP contribution is -2.04. The van der Waals surface area contributed by atoms with E-state index in [-0.39, 0.29) is 5.82 Å². The first-order chi connectivity index (χ1) is 7.75. The molecule has 0 radical (unpaired) electrons. The Morgan fingerprint density at radius 2 is 2.00 bits per heavy atom. The monoisotopic (exact) mass is 237 g/mol. The van der Waals surface area contributed by atoms with Crippen LogP contribution in [0.2, 0.25) is 5.02 Å². The molecule has 1 N–H and O–H groups in total. The molecule has 0 aliphatic heterocycles. The molecule has 0 unspecified atom stereocenters. The van der Waals surface area contributed by atoms with Crippen LogP contribution >= 0.6 is 11.6 Å². The second kappa shape index (κ2) is 4.90. The van der Waals surface area contributed by atoms with Gasteiger partial charge in [0.1, 0.15) is 11.6 Å². The molecule has 0 saturated carbocycles. The van der Waals surface area contributed by atoms with Gasteiger partial charge in [-0.3, -0.25) is 0 Å². The molecule has 82 valence electrons. The number of hydrogen-bond acceptors (Lipinski definition) is 3. The molecule has 0 amide bonds. The van der Waals surface area contributed by atoms with Crippen molar-refractivity contribution in [3.05, 3.63) is 53.3 Å². The number of halogens is 2. The summed E-state index contributed by atoms with van der Waals surface area (Å²) in [7, 11) is 0. The standard InChI is InChI=1S/C11H9ClFN3/c12-8-2-3-9(13)10(6-8)16-7-11-14-4-1-5-15-11/h1-6,16H,7H2. The Balaban J connectivity index is 2.08. The number of nitrogens with one attached hydrogen (secondary N) is 1. The third kappa shape index (κ3) is 2.67. The molecule has 1 aromatic heterocycles. The first-order valence-corrected chi connectivity index (χ1v) is 5.08. The van der Waals surface area contributed by atoms with Crippen molar-refractivity contribution in [3.63, 3.8) is 0 Å². The smallest absolute Gasteiger partial charge is 0.147 e. The minimum Gasteiger partial charge on any atom is -0.375 e. The van der Waals surface area contributed by atoms with E-state index >= 15 is 0 Å². The van der Waals surface area contributed by atoms with Gasteiger partial charge in [-0.1, -0.05) is 11.6 Å². The summed E-state index contributed by atoms with van der Waals surface area (Å²) in [5, 5.41) is 3.37. The highest BCUT2D eigenvalue weighted by Crippen LogP contribution is 2.19. The van der Waals surface area contributed by atoms with Crippen LogP contribution < -0.4 is 5.32 Å². The van der Waals surface area contributed by atoms with Gasteiger partial charge in [-0.05, 0) is 24.3 Å². The molecule has 16 heavy (non-hydrogen) atoms. The molecule has 0 atom stereocenters. The van der Waals surface area contributed by atoms with Gasteiger partial charge in [0.25, 0.3) is 0 Å². The van der Waals surface area contributed by atoms with Gasteiger partial charge in [-0.15, -0.1) is 0 Å². The molecule has 0 saturated heterocycles. The van der Waals surface area contributed by atoms with E-state index in [9.17, 15) is 4.39 Å². The van der Waals surface area contributed by atoms with Gasteiger partial charge in [0.15, 0.2) is 0 Å². The van der Waals surface area contributed by atoms with Crippen molar-refractivity contribution < 1.29 is 4.39 Å². The van der Waals surface area contributed by atoms with Crippen LogP contribution in [0.25, 0.3) is 0 Å². The summed E-state index contributed by atoms with van der Waals surface area (Å²) in [6, 6.07) is 6.07. The zero-order valence-electron chi connectivity index (χ0n) is 8.32. The lowest BCUT2D eigenvalue weighted by Gasteiger charge is -2.06. The third-order valence-corrected chi connectivity index (χ3v) is 2.22. The molecule has 1 heterocycles. The molecule has 0 bridgehead atoms. The highest BCUT2D eigenvalue weighted by Gasteiger charge is 2.02. The van der Waals surface area contributed by atoms with Crippen LogP contribution in [-0.2, 0) is 6.54 Å². The molecule has 1 aromatic carbocycles. The molecule has 2 rings (SSSR count). The zero-order valence-corrected chi connectivity index (χ0v) is 9.08. The quantitative estimate of drug-likeness (QED) is 0.892. The SMILES string of the molecule is Fc1ccc(Cl)cc1NCc1ncccn1. The van der Waals surface area contributed by atoms with E-state index in [1.54, 1.807) is 18.5 Å². The lowest BCUT2D eigenvalue weighted by atomic mass is 10.3. The number of rotatable bonds is 3. The fraction of sp³-hybridized carbons (Fsp3) is 0.0909. The maximum absolute atomic E-state index is 13.3. The van der Waals surface area contributed by atoms with Crippen LogP contribution in [0, 0.1) is 5.82 Å². The second-order valence-corrected chi connectivity index (χ2v) is 3.58. The number of hydrogen-bond donors (Lipinski definition) is 1. The molecule has 2 aromatic rings. The van der Waals surface area contributed by atoms with Crippen LogP contribution in [0.15, 0.2) is 36.7 Å². The fourth-order valence-electron chi connectivity index (χ4n) is 1.23. The summed E-state index contributed by atoms with van der Waals surface area (Å²) in [6.45, 7) is 0.359. The lowest BCUT2D eigenvalue weighted by molar-refractivity contribution is 0.630. The highest BCUT2D eigenvalue weighted by molar-refractivity contribution is 6.30. The van der Waals surface area contributed by atoms with E-state index in [4.69, 9.17) is 11.6 Å². The van der Waals surface area contributed by atoms with Crippen LogP contribution in [-0.4, -0.2) is 9.97 Å². The summed E-state index contributed by atoms with van der Waals surface area (Å²) in [6.07, 6.45) is 3.27. The molecule has 0 aliphatic carbocycles. The molecule has 0 spiro atoms. The topological polar surface area (TPSA) is 37.8 Å². The average molecular weight is 238 g/mol. The highest BCUT2D eigenvalue weighted by atomic mass is 35.5. The third-order valence-electron chi connectivity index (χ3n) is 1.98. The van der Waals surface area contributed by atoms with Gasteiger partial charge in [0.2, 0.25) is 0 Å². The van der Waals surface area contributed by atoms with E-state index in [0.717, 1.165) is 0 Å². The molecular formula is C11H9ClFN3. The van der Waals surface area contributed by atoms with Crippen molar-refractivity contribution in [3.8, 4) is 0 Å². The van der Waals surface area contributed by atoms with Gasteiger partial charge in [0, 0.05) is 17.4 Å². The Labute approximate surface area is 97.3 Å². The Morgan fingerprint density at radius 3 is 2.75 bits per heavy atom. The van der Waals surface area contributed by atoms with E-state index in [1.807, 2.05) is 0 Å². The Hall–Kier alpha value is -1.68. The maximum atomic E-state index is 13.3. The van der Waals surface area contributed by atoms with Gasteiger partial charge < -0.3 is 5.32 Å². The summed E-state index contributed by atoms with van der Waals surface area (Å²) >= 11 is 5.76. The Morgan fingerprint density at radius 1 is 1.25 bits per heavy atom. The van der Waals surface area contributed by atoms with E-state index in [0.29, 0.717) is 23.1 Å². The van der Waals surface area contributed by atoms with Gasteiger partial charge in [-0.2, -0.15) is 0 Å². The minimum absolute atomic E-state index is 0.347. The largest absolute Gasteiger partial charge is 0.375 e. The van der Waals surface area contributed by atoms with Gasteiger partial charge >= 0.3 is 0 Å². The van der Waals surface area contributed by atoms with Crippen LogP contribution in [0.5, 0.6) is 0 Å². The summed E-state index contributed by atoms with van der Waals surface area (Å²) in [4.78, 5) is 8.03. The second-order valence-electron chi connectivity index (χ2n) is 3.14. The maximum Gasteiger partial charge on any atom is 0.147 e. The molecule has 0 aliphatic rings. The molecule has 5 heteroatoms. The van der Waals surface area contributed by atoms with E-state index < -0.39 is 0 Å². The number of anilines is 1. The summed E-state index contributed by atoms with van der Waals surface area (Å²) in [5.74, 6) is 0.252. The molecule has 0 fully saturated rings. The first kappa shape index (κ1) is 10.8. The summed E-state index contributed by atoms with van der Waals surface area (Å²) < 4.78 is 13.3. The van der Waals surface area contributed by atoms with E-state index in [1.165, 1.54) is 18.2 Å². The molecular weight excluding hydrogens is 229 g/mol. The normalized spacial score (nSPS) is 10.1. The predicted octanol–water partition coefficient (Wildman–Crippen LogP) is 2.88. The predicted molar refractivity (Wildman–Crippen MR) is 60.8 cm³/mol. The Bertz CT molecular complexity index is 476. The Kier molecular flexibility index (Phi) is 3.31. The van der Waals surface area contributed by atoms with Gasteiger partial charge in [0.05, 0.1) is 12.2 Å². The van der Waals surface area contributed by atoms with Crippen molar-refractivity contribution in [1.29, 1.82) is 0 Å². The summed E-state index contributed by atoms with van der Waals surface area (Å²) in [5.41, 5.74) is 0.347. The first-order valence-electron chi connectivity index (χ1n) is 4.70. The minimum atomic E-state index is -0.347. The van der Waals surface area contributed by atoms with Crippen molar-refractivity contribution in [2.24, 2.45) is 0 Å². The van der Waals surface area contributed by atoms with Crippen LogP contribution in [0.3, 0.4) is 0 Å². The molecule has 3 nitrogen and oxygen atoms in total. The number of aromatic nitrogens is 2. The van der Waals surface area contributed by atoms with Crippen molar-refractivity contribution in [2.45, 2.75) is 6.54 Å². The fourth-order valence-corrected chi connectivity index (χ4v) is 1.40. The van der Waals surface area contributed by atoms with Gasteiger partial charge in [-0.25, -0.2) is 14.4 Å². The van der Waals surface area contributed by atoms with Crippen molar-refractivity contribution in [1.82, 2.24) is 9.97 Å². The van der Waals surface area contributed by atoms with Crippen molar-refractivity contribution >= 4 is 17.3 Å². The average Bonchev–Trinajstić information content (AvgIpc) is 2.32. The number of nitrogens with zero attached hydrogens (tertiary/aromatic N) is 2. The van der Waals surface area contributed by atoms with E-state index in [2.05, 4.69) is 15.3 Å². The zero-order chi connectivity index (χ0) is 11.4. The van der Waals surface area contributed by atoms with Crippen molar-refractivity contribution in [2.75, 3.05) is 5.32 Å². The van der Waals surface area contributed by atoms with Crippen LogP contribution in [0.4, 0.5) is 10.1 Å².